The van der Waals surface area contributed by atoms with Crippen LogP contribution < -0.4 is 21.1 Å². The maximum Gasteiger partial charge on any atom is 0.319 e. The molecule has 1 aliphatic rings. The minimum atomic E-state index is -0.194. The Balaban J connectivity index is 1.79. The van der Waals surface area contributed by atoms with Gasteiger partial charge in [0.25, 0.3) is 0 Å². The number of hydrogen-bond acceptors (Lipinski definition) is 4. The first kappa shape index (κ1) is 14.0. The van der Waals surface area contributed by atoms with Crippen molar-refractivity contribution in [3.63, 3.8) is 0 Å². The molecule has 1 aromatic rings. The van der Waals surface area contributed by atoms with E-state index in [1.165, 1.54) is 6.42 Å². The van der Waals surface area contributed by atoms with E-state index in [9.17, 15) is 4.79 Å². The number of ether oxygens (including phenoxy) is 1. The number of benzene rings is 1. The third kappa shape index (κ3) is 4.04. The Bertz CT molecular complexity index is 483. The first-order valence-electron chi connectivity index (χ1n) is 6.44. The van der Waals surface area contributed by atoms with Crippen molar-refractivity contribution in [3.8, 4) is 5.75 Å². The number of rotatable bonds is 5. The average Bonchev–Trinajstić information content (AvgIpc) is 2.42. The van der Waals surface area contributed by atoms with Crippen molar-refractivity contribution in [3.05, 3.63) is 24.3 Å². The molecule has 1 saturated carbocycles. The van der Waals surface area contributed by atoms with Crippen LogP contribution >= 0.6 is 0 Å². The molecular formula is C13H18N4O3. The number of amides is 2. The minimum absolute atomic E-state index is 0.00540. The number of hydrogen-bond donors (Lipinski definition) is 4. The predicted octanol–water partition coefficient (Wildman–Crippen LogP) is 1.49. The quantitative estimate of drug-likeness (QED) is 0.283. The molecule has 0 aromatic heterocycles. The first-order chi connectivity index (χ1) is 9.67. The summed E-state index contributed by atoms with van der Waals surface area (Å²) in [6.07, 6.45) is 3.28. The van der Waals surface area contributed by atoms with Crippen molar-refractivity contribution in [2.45, 2.75) is 25.3 Å². The zero-order valence-electron chi connectivity index (χ0n) is 11.0. The SMILES string of the molecule is N/C(COc1ccc(NC(=O)NC2CCC2)cc1)=N/O. The molecule has 0 bridgehead atoms. The minimum Gasteiger partial charge on any atom is -0.486 e. The maximum atomic E-state index is 11.6. The van der Waals surface area contributed by atoms with E-state index in [1.54, 1.807) is 24.3 Å². The topological polar surface area (TPSA) is 109 Å². The molecule has 20 heavy (non-hydrogen) atoms. The molecule has 7 heteroatoms. The Hall–Kier alpha value is -2.44. The van der Waals surface area contributed by atoms with E-state index < -0.39 is 0 Å². The van der Waals surface area contributed by atoms with E-state index in [0.29, 0.717) is 17.5 Å². The summed E-state index contributed by atoms with van der Waals surface area (Å²) in [6.45, 7) is 0.00540. The van der Waals surface area contributed by atoms with Crippen molar-refractivity contribution < 1.29 is 14.7 Å². The van der Waals surface area contributed by atoms with Crippen LogP contribution in [0.2, 0.25) is 0 Å². The molecule has 2 rings (SSSR count). The number of nitrogens with one attached hydrogen (secondary N) is 2. The van der Waals surface area contributed by atoms with Gasteiger partial charge in [0.05, 0.1) is 0 Å². The number of oxime groups is 1. The van der Waals surface area contributed by atoms with Gasteiger partial charge in [0, 0.05) is 11.7 Å². The fourth-order valence-electron chi connectivity index (χ4n) is 1.73. The van der Waals surface area contributed by atoms with Gasteiger partial charge in [-0.2, -0.15) is 0 Å². The molecule has 0 unspecified atom stereocenters. The smallest absolute Gasteiger partial charge is 0.319 e. The summed E-state index contributed by atoms with van der Waals surface area (Å²) in [5.41, 5.74) is 5.97. The lowest BCUT2D eigenvalue weighted by Crippen LogP contribution is -2.41. The molecule has 7 nitrogen and oxygen atoms in total. The molecular weight excluding hydrogens is 260 g/mol. The zero-order chi connectivity index (χ0) is 14.4. The predicted molar refractivity (Wildman–Crippen MR) is 75.1 cm³/mol. The van der Waals surface area contributed by atoms with Gasteiger partial charge >= 0.3 is 6.03 Å². The van der Waals surface area contributed by atoms with Crippen molar-refractivity contribution in [1.82, 2.24) is 5.32 Å². The number of amidine groups is 1. The van der Waals surface area contributed by atoms with Crippen LogP contribution in [0, 0.1) is 0 Å². The molecule has 0 radical (unpaired) electrons. The fourth-order valence-corrected chi connectivity index (χ4v) is 1.73. The molecule has 108 valence electrons. The number of nitrogens with two attached hydrogens (primary N) is 1. The zero-order valence-corrected chi connectivity index (χ0v) is 11.0. The highest BCUT2D eigenvalue weighted by Gasteiger charge is 2.19. The van der Waals surface area contributed by atoms with E-state index in [-0.39, 0.29) is 18.5 Å². The normalized spacial score (nSPS) is 15.3. The average molecular weight is 278 g/mol. The number of carbonyl (C=O) groups excluding carboxylic acids is 1. The monoisotopic (exact) mass is 278 g/mol. The summed E-state index contributed by atoms with van der Waals surface area (Å²) < 4.78 is 5.27. The number of carbonyl (C=O) groups is 1. The fraction of sp³-hybridized carbons (Fsp3) is 0.385. The Labute approximate surface area is 116 Å². The maximum absolute atomic E-state index is 11.6. The van der Waals surface area contributed by atoms with Gasteiger partial charge in [0.2, 0.25) is 0 Å². The van der Waals surface area contributed by atoms with Gasteiger partial charge in [-0.15, -0.1) is 0 Å². The van der Waals surface area contributed by atoms with Crippen LogP contribution in [0.1, 0.15) is 19.3 Å². The standard InChI is InChI=1S/C13H18N4O3/c14-12(17-19)8-20-11-6-4-10(5-7-11)16-13(18)15-9-2-1-3-9/h4-7,9,19H,1-3,8H2,(H2,14,17)(H2,15,16,18). The number of anilines is 1. The van der Waals surface area contributed by atoms with Gasteiger partial charge in [-0.25, -0.2) is 4.79 Å². The van der Waals surface area contributed by atoms with Crippen LogP contribution in [0.25, 0.3) is 0 Å². The number of urea groups is 1. The summed E-state index contributed by atoms with van der Waals surface area (Å²) in [5.74, 6) is 0.564. The van der Waals surface area contributed by atoms with Crippen LogP contribution in [-0.4, -0.2) is 29.7 Å². The summed E-state index contributed by atoms with van der Waals surface area (Å²) in [7, 11) is 0. The van der Waals surface area contributed by atoms with E-state index >= 15 is 0 Å². The molecule has 0 aliphatic heterocycles. The molecule has 0 heterocycles. The largest absolute Gasteiger partial charge is 0.486 e. The van der Waals surface area contributed by atoms with Crippen LogP contribution in [0.5, 0.6) is 5.75 Å². The van der Waals surface area contributed by atoms with Crippen molar-refractivity contribution in [2.24, 2.45) is 10.9 Å². The molecule has 0 saturated heterocycles. The Morgan fingerprint density at radius 1 is 1.40 bits per heavy atom. The highest BCUT2D eigenvalue weighted by atomic mass is 16.5. The lowest BCUT2D eigenvalue weighted by molar-refractivity contribution is 0.240. The lowest BCUT2D eigenvalue weighted by atomic mass is 9.93. The molecule has 1 aliphatic carbocycles. The summed E-state index contributed by atoms with van der Waals surface area (Å²) >= 11 is 0. The Morgan fingerprint density at radius 3 is 2.65 bits per heavy atom. The summed E-state index contributed by atoms with van der Waals surface area (Å²) in [6, 6.07) is 6.95. The van der Waals surface area contributed by atoms with Crippen molar-refractivity contribution in [1.29, 1.82) is 0 Å². The second-order valence-corrected chi connectivity index (χ2v) is 4.63. The molecule has 1 aromatic carbocycles. The third-order valence-corrected chi connectivity index (χ3v) is 3.07. The highest BCUT2D eigenvalue weighted by molar-refractivity contribution is 5.89. The van der Waals surface area contributed by atoms with Gasteiger partial charge < -0.3 is 26.3 Å². The molecule has 5 N–H and O–H groups in total. The highest BCUT2D eigenvalue weighted by Crippen LogP contribution is 2.19. The summed E-state index contributed by atoms with van der Waals surface area (Å²) in [5, 5.41) is 16.8. The number of nitrogens with zero attached hydrogens (tertiary/aromatic N) is 1. The summed E-state index contributed by atoms with van der Waals surface area (Å²) in [4.78, 5) is 11.6. The van der Waals surface area contributed by atoms with Gasteiger partial charge in [0.1, 0.15) is 12.4 Å². The Kier molecular flexibility index (Phi) is 4.65. The third-order valence-electron chi connectivity index (χ3n) is 3.07. The van der Waals surface area contributed by atoms with E-state index in [1.807, 2.05) is 0 Å². The van der Waals surface area contributed by atoms with Gasteiger partial charge in [-0.05, 0) is 43.5 Å². The van der Waals surface area contributed by atoms with Crippen molar-refractivity contribution >= 4 is 17.6 Å². The molecule has 0 spiro atoms. The van der Waals surface area contributed by atoms with Crippen molar-refractivity contribution in [2.75, 3.05) is 11.9 Å². The van der Waals surface area contributed by atoms with Gasteiger partial charge in [-0.3, -0.25) is 0 Å². The Morgan fingerprint density at radius 2 is 2.10 bits per heavy atom. The van der Waals surface area contributed by atoms with Crippen LogP contribution in [0.4, 0.5) is 10.5 Å². The van der Waals surface area contributed by atoms with Crippen LogP contribution in [0.15, 0.2) is 29.4 Å². The first-order valence-corrected chi connectivity index (χ1v) is 6.44. The second kappa shape index (κ2) is 6.65. The second-order valence-electron chi connectivity index (χ2n) is 4.63. The van der Waals surface area contributed by atoms with E-state index in [0.717, 1.165) is 12.8 Å². The van der Waals surface area contributed by atoms with Gasteiger partial charge in [0.15, 0.2) is 5.84 Å². The van der Waals surface area contributed by atoms with E-state index in [2.05, 4.69) is 15.8 Å². The molecule has 2 amide bonds. The lowest BCUT2D eigenvalue weighted by Gasteiger charge is -2.26. The van der Waals surface area contributed by atoms with Crippen LogP contribution in [-0.2, 0) is 0 Å². The van der Waals surface area contributed by atoms with E-state index in [4.69, 9.17) is 15.7 Å². The van der Waals surface area contributed by atoms with Gasteiger partial charge in [-0.1, -0.05) is 5.16 Å². The molecule has 0 atom stereocenters. The van der Waals surface area contributed by atoms with Crippen LogP contribution in [0.3, 0.4) is 0 Å². The molecule has 1 fully saturated rings.